The van der Waals surface area contributed by atoms with Crippen molar-refractivity contribution in [3.8, 4) is 0 Å². The molecule has 0 unspecified atom stereocenters. The maximum Gasteiger partial charge on any atom is 0.224 e. The second kappa shape index (κ2) is 6.91. The molecule has 0 spiro atoms. The molecule has 0 heterocycles. The highest BCUT2D eigenvalue weighted by molar-refractivity contribution is 9.10. The van der Waals surface area contributed by atoms with Crippen LogP contribution in [-0.4, -0.2) is 5.91 Å². The van der Waals surface area contributed by atoms with Crippen LogP contribution in [0.15, 0.2) is 46.9 Å². The second-order valence-electron chi connectivity index (χ2n) is 4.66. The van der Waals surface area contributed by atoms with Crippen LogP contribution in [0.2, 0.25) is 5.02 Å². The quantitative estimate of drug-likeness (QED) is 0.826. The Kier molecular flexibility index (Phi) is 5.21. The Bertz CT molecular complexity index is 628. The van der Waals surface area contributed by atoms with Crippen molar-refractivity contribution in [2.75, 3.05) is 5.32 Å². The number of carbonyl (C=O) groups excluding carboxylic acids is 1. The third-order valence-corrected chi connectivity index (χ3v) is 3.85. The molecule has 0 saturated carbocycles. The van der Waals surface area contributed by atoms with Crippen molar-refractivity contribution in [3.05, 3.63) is 63.1 Å². The van der Waals surface area contributed by atoms with Gasteiger partial charge in [0.25, 0.3) is 0 Å². The summed E-state index contributed by atoms with van der Waals surface area (Å²) < 4.78 is 0.825. The lowest BCUT2D eigenvalue weighted by Gasteiger charge is -2.08. The molecule has 0 bridgehead atoms. The number of nitrogens with one attached hydrogen (secondary N) is 1. The number of anilines is 1. The number of hydrogen-bond acceptors (Lipinski definition) is 1. The number of halogens is 2. The van der Waals surface area contributed by atoms with E-state index in [9.17, 15) is 4.79 Å². The summed E-state index contributed by atoms with van der Waals surface area (Å²) in [6.45, 7) is 2.05. The van der Waals surface area contributed by atoms with E-state index in [1.807, 2.05) is 31.2 Å². The van der Waals surface area contributed by atoms with Gasteiger partial charge < -0.3 is 5.32 Å². The molecule has 2 rings (SSSR count). The topological polar surface area (TPSA) is 29.1 Å². The average molecular weight is 353 g/mol. The number of hydrogen-bond donors (Lipinski definition) is 1. The first-order chi connectivity index (χ1) is 9.54. The molecule has 4 heteroatoms. The first kappa shape index (κ1) is 15.1. The molecule has 0 saturated heterocycles. The Hall–Kier alpha value is -1.32. The van der Waals surface area contributed by atoms with Crippen molar-refractivity contribution in [1.82, 2.24) is 0 Å². The van der Waals surface area contributed by atoms with Gasteiger partial charge in [0.2, 0.25) is 5.91 Å². The van der Waals surface area contributed by atoms with Crippen molar-refractivity contribution in [1.29, 1.82) is 0 Å². The zero-order chi connectivity index (χ0) is 14.5. The zero-order valence-electron chi connectivity index (χ0n) is 11.1. The Balaban J connectivity index is 1.94. The van der Waals surface area contributed by atoms with Crippen molar-refractivity contribution >= 4 is 39.1 Å². The first-order valence-electron chi connectivity index (χ1n) is 6.35. The van der Waals surface area contributed by atoms with Gasteiger partial charge in [-0.25, -0.2) is 0 Å². The second-order valence-corrected chi connectivity index (χ2v) is 5.95. The smallest absolute Gasteiger partial charge is 0.224 e. The summed E-state index contributed by atoms with van der Waals surface area (Å²) in [5.74, 6) is -0.0190. The van der Waals surface area contributed by atoms with Crippen molar-refractivity contribution < 1.29 is 4.79 Å². The van der Waals surface area contributed by atoms with E-state index in [2.05, 4.69) is 27.3 Å². The lowest BCUT2D eigenvalue weighted by atomic mass is 10.1. The predicted octanol–water partition coefficient (Wildman–Crippen LogP) is 4.98. The summed E-state index contributed by atoms with van der Waals surface area (Å²) >= 11 is 9.31. The summed E-state index contributed by atoms with van der Waals surface area (Å²) in [5.41, 5.74) is 3.08. The number of carbonyl (C=O) groups is 1. The number of amides is 1. The number of rotatable bonds is 4. The van der Waals surface area contributed by atoms with Gasteiger partial charge in [-0.05, 0) is 53.0 Å². The predicted molar refractivity (Wildman–Crippen MR) is 87.3 cm³/mol. The van der Waals surface area contributed by atoms with Gasteiger partial charge in [-0.3, -0.25) is 4.79 Å². The molecular formula is C16H15BrClNO. The van der Waals surface area contributed by atoms with E-state index in [4.69, 9.17) is 11.6 Å². The lowest BCUT2D eigenvalue weighted by molar-refractivity contribution is -0.116. The molecule has 2 aromatic carbocycles. The normalized spacial score (nSPS) is 10.3. The molecule has 0 aliphatic carbocycles. The SMILES string of the molecule is Cc1cccc(CCC(=O)Nc2cc(Cl)ccc2Br)c1. The largest absolute Gasteiger partial charge is 0.325 e. The van der Waals surface area contributed by atoms with Gasteiger partial charge in [0.1, 0.15) is 0 Å². The Labute approximate surface area is 132 Å². The number of aryl methyl sites for hydroxylation is 2. The minimum absolute atomic E-state index is 0.0190. The summed E-state index contributed by atoms with van der Waals surface area (Å²) in [7, 11) is 0. The van der Waals surface area contributed by atoms with Crippen molar-refractivity contribution in [2.24, 2.45) is 0 Å². The van der Waals surface area contributed by atoms with E-state index in [0.717, 1.165) is 10.9 Å². The monoisotopic (exact) mass is 351 g/mol. The standard InChI is InChI=1S/C16H15BrClNO/c1-11-3-2-4-12(9-11)5-8-16(20)19-15-10-13(18)6-7-14(15)17/h2-4,6-7,9-10H,5,8H2,1H3,(H,19,20). The van der Waals surface area contributed by atoms with E-state index in [-0.39, 0.29) is 5.91 Å². The molecule has 0 radical (unpaired) electrons. The molecule has 1 N–H and O–H groups in total. The van der Waals surface area contributed by atoms with Gasteiger partial charge in [-0.2, -0.15) is 0 Å². The van der Waals surface area contributed by atoms with Crippen LogP contribution in [0.4, 0.5) is 5.69 Å². The van der Waals surface area contributed by atoms with Gasteiger partial charge in [-0.1, -0.05) is 41.4 Å². The molecule has 2 nitrogen and oxygen atoms in total. The van der Waals surface area contributed by atoms with Crippen LogP contribution < -0.4 is 5.32 Å². The summed E-state index contributed by atoms with van der Waals surface area (Å²) in [6, 6.07) is 13.5. The Morgan fingerprint density at radius 2 is 2.05 bits per heavy atom. The third kappa shape index (κ3) is 4.36. The first-order valence-corrected chi connectivity index (χ1v) is 7.52. The lowest BCUT2D eigenvalue weighted by Crippen LogP contribution is -2.12. The maximum atomic E-state index is 12.0. The molecule has 0 aliphatic heterocycles. The fourth-order valence-electron chi connectivity index (χ4n) is 1.93. The zero-order valence-corrected chi connectivity index (χ0v) is 13.5. The third-order valence-electron chi connectivity index (χ3n) is 2.93. The summed E-state index contributed by atoms with van der Waals surface area (Å²) in [5, 5.41) is 3.46. The van der Waals surface area contributed by atoms with Crippen LogP contribution in [-0.2, 0) is 11.2 Å². The fourth-order valence-corrected chi connectivity index (χ4v) is 2.45. The van der Waals surface area contributed by atoms with Gasteiger partial charge in [0.05, 0.1) is 5.69 Å². The average Bonchev–Trinajstić information content (AvgIpc) is 2.41. The maximum absolute atomic E-state index is 12.0. The molecule has 104 valence electrons. The molecule has 1 amide bonds. The molecule has 20 heavy (non-hydrogen) atoms. The molecule has 0 aromatic heterocycles. The van der Waals surface area contributed by atoms with Crippen molar-refractivity contribution in [3.63, 3.8) is 0 Å². The van der Waals surface area contributed by atoms with Crippen LogP contribution in [0.3, 0.4) is 0 Å². The van der Waals surface area contributed by atoms with Crippen LogP contribution in [0.1, 0.15) is 17.5 Å². The van der Waals surface area contributed by atoms with E-state index in [1.165, 1.54) is 11.1 Å². The van der Waals surface area contributed by atoms with Gasteiger partial charge in [0, 0.05) is 15.9 Å². The van der Waals surface area contributed by atoms with Crippen LogP contribution in [0.5, 0.6) is 0 Å². The van der Waals surface area contributed by atoms with E-state index in [0.29, 0.717) is 17.1 Å². The molecule has 0 fully saturated rings. The van der Waals surface area contributed by atoms with Gasteiger partial charge >= 0.3 is 0 Å². The summed E-state index contributed by atoms with van der Waals surface area (Å²) in [4.78, 5) is 12.0. The molecule has 0 atom stereocenters. The minimum atomic E-state index is -0.0190. The Morgan fingerprint density at radius 1 is 1.25 bits per heavy atom. The van der Waals surface area contributed by atoms with Crippen molar-refractivity contribution in [2.45, 2.75) is 19.8 Å². The highest BCUT2D eigenvalue weighted by atomic mass is 79.9. The van der Waals surface area contributed by atoms with E-state index >= 15 is 0 Å². The molecule has 0 aliphatic rings. The minimum Gasteiger partial charge on any atom is -0.325 e. The fraction of sp³-hybridized carbons (Fsp3) is 0.188. The Morgan fingerprint density at radius 3 is 2.80 bits per heavy atom. The van der Waals surface area contributed by atoms with Gasteiger partial charge in [-0.15, -0.1) is 0 Å². The van der Waals surface area contributed by atoms with Crippen LogP contribution in [0.25, 0.3) is 0 Å². The highest BCUT2D eigenvalue weighted by Crippen LogP contribution is 2.26. The van der Waals surface area contributed by atoms with Crippen LogP contribution in [0, 0.1) is 6.92 Å². The van der Waals surface area contributed by atoms with Gasteiger partial charge in [0.15, 0.2) is 0 Å². The number of benzene rings is 2. The van der Waals surface area contributed by atoms with E-state index in [1.54, 1.807) is 12.1 Å². The molecular weight excluding hydrogens is 338 g/mol. The molecule has 2 aromatic rings. The highest BCUT2D eigenvalue weighted by Gasteiger charge is 2.06. The summed E-state index contributed by atoms with van der Waals surface area (Å²) in [6.07, 6.45) is 1.17. The van der Waals surface area contributed by atoms with E-state index < -0.39 is 0 Å². The van der Waals surface area contributed by atoms with Crippen LogP contribution >= 0.6 is 27.5 Å².